The monoisotopic (exact) mass is 392 g/mol. The van der Waals surface area contributed by atoms with Crippen molar-refractivity contribution in [3.05, 3.63) is 58.3 Å². The number of hydrogen-bond acceptors (Lipinski definition) is 6. The molecule has 5 rings (SSSR count). The number of benzene rings is 3. The van der Waals surface area contributed by atoms with Gasteiger partial charge < -0.3 is 24.1 Å². The van der Waals surface area contributed by atoms with Crippen LogP contribution in [0.25, 0.3) is 32.7 Å². The zero-order chi connectivity index (χ0) is 20.5. The number of aliphatic hydroxyl groups excluding tert-OH is 2. The third-order valence-electron chi connectivity index (χ3n) is 5.68. The highest BCUT2D eigenvalue weighted by Gasteiger charge is 2.44. The first-order valence-corrected chi connectivity index (χ1v) is 9.37. The Hall–Kier alpha value is -3.09. The predicted molar refractivity (Wildman–Crippen MR) is 110 cm³/mol. The summed E-state index contributed by atoms with van der Waals surface area (Å²) in [6.07, 6.45) is -2.47. The van der Waals surface area contributed by atoms with Crippen molar-refractivity contribution in [3.8, 4) is 11.5 Å². The molecule has 0 aliphatic carbocycles. The molecule has 4 aromatic rings. The molecule has 0 unspecified atom stereocenters. The Morgan fingerprint density at radius 1 is 1.07 bits per heavy atom. The number of fused-ring (bicyclic) bond motifs is 5. The SMILES string of the molecule is COc1cc2c(c3oc4cc5ccccc5cc4c(=O)c13)[C@H](O)[C@H](O)C(C)(C)O2. The van der Waals surface area contributed by atoms with E-state index in [1.165, 1.54) is 7.11 Å². The predicted octanol–water partition coefficient (Wildman–Crippen LogP) is 3.67. The van der Waals surface area contributed by atoms with Crippen LogP contribution in [0.15, 0.2) is 51.7 Å². The highest BCUT2D eigenvalue weighted by atomic mass is 16.5. The van der Waals surface area contributed by atoms with Crippen LogP contribution in [0.4, 0.5) is 0 Å². The van der Waals surface area contributed by atoms with E-state index in [1.54, 1.807) is 32.0 Å². The van der Waals surface area contributed by atoms with Crippen LogP contribution < -0.4 is 14.9 Å². The zero-order valence-corrected chi connectivity index (χ0v) is 16.2. The van der Waals surface area contributed by atoms with Gasteiger partial charge in [0.25, 0.3) is 0 Å². The molecule has 0 bridgehead atoms. The van der Waals surface area contributed by atoms with Gasteiger partial charge in [-0.1, -0.05) is 24.3 Å². The van der Waals surface area contributed by atoms with Crippen LogP contribution in [0.1, 0.15) is 25.5 Å². The summed E-state index contributed by atoms with van der Waals surface area (Å²) in [5.74, 6) is 0.613. The van der Waals surface area contributed by atoms with Gasteiger partial charge in [-0.25, -0.2) is 0 Å². The van der Waals surface area contributed by atoms with Gasteiger partial charge in [-0.3, -0.25) is 4.79 Å². The lowest BCUT2D eigenvalue weighted by molar-refractivity contribution is -0.111. The van der Waals surface area contributed by atoms with Crippen molar-refractivity contribution in [3.63, 3.8) is 0 Å². The highest BCUT2D eigenvalue weighted by Crippen LogP contribution is 2.46. The Morgan fingerprint density at radius 3 is 2.45 bits per heavy atom. The average Bonchev–Trinajstić information content (AvgIpc) is 2.70. The molecule has 0 amide bonds. The molecule has 2 N–H and O–H groups in total. The lowest BCUT2D eigenvalue weighted by Gasteiger charge is -2.40. The molecule has 0 saturated carbocycles. The van der Waals surface area contributed by atoms with Gasteiger partial charge in [0, 0.05) is 6.07 Å². The Labute approximate surface area is 165 Å². The van der Waals surface area contributed by atoms with Crippen molar-refractivity contribution in [2.24, 2.45) is 0 Å². The molecule has 0 saturated heterocycles. The van der Waals surface area contributed by atoms with Crippen molar-refractivity contribution in [2.45, 2.75) is 31.7 Å². The van der Waals surface area contributed by atoms with Crippen molar-refractivity contribution in [1.29, 1.82) is 0 Å². The summed E-state index contributed by atoms with van der Waals surface area (Å²) >= 11 is 0. The maximum absolute atomic E-state index is 13.4. The van der Waals surface area contributed by atoms with E-state index in [9.17, 15) is 15.0 Å². The van der Waals surface area contributed by atoms with Crippen LogP contribution in [-0.4, -0.2) is 29.0 Å². The fourth-order valence-corrected chi connectivity index (χ4v) is 4.08. The number of methoxy groups -OCH3 is 1. The summed E-state index contributed by atoms with van der Waals surface area (Å²) in [6, 6.07) is 12.8. The number of ether oxygens (including phenoxy) is 2. The molecule has 0 spiro atoms. The first-order chi connectivity index (χ1) is 13.8. The van der Waals surface area contributed by atoms with Gasteiger partial charge in [0.05, 0.1) is 18.1 Å². The standard InChI is InChI=1S/C23H20O6/c1-23(2)22(26)20(25)18-16(29-23)10-15(27-3)17-19(24)13-8-11-6-4-5-7-12(11)9-14(13)28-21(17)18/h4-10,20,22,25-26H,1-3H3/t20-,22-/m0/s1. The smallest absolute Gasteiger partial charge is 0.204 e. The Balaban J connectivity index is 1.95. The van der Waals surface area contributed by atoms with E-state index in [1.807, 2.05) is 24.3 Å². The van der Waals surface area contributed by atoms with E-state index in [-0.39, 0.29) is 22.0 Å². The van der Waals surface area contributed by atoms with Crippen molar-refractivity contribution >= 4 is 32.7 Å². The average molecular weight is 392 g/mol. The van der Waals surface area contributed by atoms with E-state index in [0.717, 1.165) is 10.8 Å². The van der Waals surface area contributed by atoms with Gasteiger partial charge in [-0.2, -0.15) is 0 Å². The molecule has 0 fully saturated rings. The molecule has 6 nitrogen and oxygen atoms in total. The summed E-state index contributed by atoms with van der Waals surface area (Å²) in [5.41, 5.74) is -0.478. The van der Waals surface area contributed by atoms with E-state index in [2.05, 4.69) is 0 Å². The maximum Gasteiger partial charge on any atom is 0.204 e. The summed E-state index contributed by atoms with van der Waals surface area (Å²) in [5, 5.41) is 23.8. The summed E-state index contributed by atoms with van der Waals surface area (Å²) in [4.78, 5) is 13.4. The van der Waals surface area contributed by atoms with Gasteiger partial charge in [0.1, 0.15) is 40.3 Å². The second-order valence-corrected chi connectivity index (χ2v) is 7.92. The zero-order valence-electron chi connectivity index (χ0n) is 16.2. The molecule has 29 heavy (non-hydrogen) atoms. The minimum Gasteiger partial charge on any atom is -0.496 e. The summed E-state index contributed by atoms with van der Waals surface area (Å²) < 4.78 is 17.5. The van der Waals surface area contributed by atoms with Crippen LogP contribution >= 0.6 is 0 Å². The molecule has 1 aliphatic rings. The normalized spacial score (nSPS) is 20.6. The minimum atomic E-state index is -1.27. The molecule has 6 heteroatoms. The molecule has 148 valence electrons. The lowest BCUT2D eigenvalue weighted by Crippen LogP contribution is -2.48. The Morgan fingerprint density at radius 2 is 1.76 bits per heavy atom. The summed E-state index contributed by atoms with van der Waals surface area (Å²) in [6.45, 7) is 3.37. The minimum absolute atomic E-state index is 0.161. The van der Waals surface area contributed by atoms with E-state index >= 15 is 0 Å². The van der Waals surface area contributed by atoms with Crippen LogP contribution in [0.5, 0.6) is 11.5 Å². The third kappa shape index (κ3) is 2.46. The van der Waals surface area contributed by atoms with Crippen molar-refractivity contribution < 1.29 is 24.1 Å². The van der Waals surface area contributed by atoms with Gasteiger partial charge in [0.15, 0.2) is 5.58 Å². The van der Waals surface area contributed by atoms with Crippen LogP contribution in [0.3, 0.4) is 0 Å². The first-order valence-electron chi connectivity index (χ1n) is 9.37. The Kier molecular flexibility index (Phi) is 3.69. The first kappa shape index (κ1) is 18.0. The number of hydrogen-bond donors (Lipinski definition) is 2. The molecule has 0 radical (unpaired) electrons. The summed E-state index contributed by atoms with van der Waals surface area (Å²) in [7, 11) is 1.46. The second kappa shape index (κ2) is 5.95. The molecule has 1 aliphatic heterocycles. The maximum atomic E-state index is 13.4. The molecule has 2 heterocycles. The Bertz CT molecular complexity index is 1350. The van der Waals surface area contributed by atoms with Crippen LogP contribution in [0.2, 0.25) is 0 Å². The van der Waals surface area contributed by atoms with Crippen LogP contribution in [0, 0.1) is 0 Å². The van der Waals surface area contributed by atoms with Crippen LogP contribution in [-0.2, 0) is 0 Å². The van der Waals surface area contributed by atoms with Gasteiger partial charge >= 0.3 is 0 Å². The van der Waals surface area contributed by atoms with E-state index in [4.69, 9.17) is 13.9 Å². The fourth-order valence-electron chi connectivity index (χ4n) is 4.08. The van der Waals surface area contributed by atoms with Gasteiger partial charge in [-0.15, -0.1) is 0 Å². The van der Waals surface area contributed by atoms with E-state index < -0.39 is 17.8 Å². The van der Waals surface area contributed by atoms with Crippen molar-refractivity contribution in [2.75, 3.05) is 7.11 Å². The lowest BCUT2D eigenvalue weighted by atomic mass is 9.87. The second-order valence-electron chi connectivity index (χ2n) is 7.92. The fraction of sp³-hybridized carbons (Fsp3) is 0.261. The molecular formula is C23H20O6. The largest absolute Gasteiger partial charge is 0.496 e. The molecular weight excluding hydrogens is 372 g/mol. The number of rotatable bonds is 1. The number of aliphatic hydroxyl groups is 2. The molecule has 1 aromatic heterocycles. The van der Waals surface area contributed by atoms with Gasteiger partial charge in [-0.05, 0) is 36.8 Å². The highest BCUT2D eigenvalue weighted by molar-refractivity contribution is 6.01. The van der Waals surface area contributed by atoms with Crippen molar-refractivity contribution in [1.82, 2.24) is 0 Å². The topological polar surface area (TPSA) is 89.1 Å². The molecule has 3 aromatic carbocycles. The quantitative estimate of drug-likeness (QED) is 0.481. The van der Waals surface area contributed by atoms with E-state index in [0.29, 0.717) is 22.5 Å². The van der Waals surface area contributed by atoms with Gasteiger partial charge in [0.2, 0.25) is 5.43 Å². The third-order valence-corrected chi connectivity index (χ3v) is 5.68. The molecule has 2 atom stereocenters.